The minimum Gasteiger partial charge on any atom is -0.341 e. The predicted molar refractivity (Wildman–Crippen MR) is 82.5 cm³/mol. The molecule has 102 valence electrons. The molecule has 0 aliphatic rings. The van der Waals surface area contributed by atoms with Gasteiger partial charge in [0, 0.05) is 6.04 Å². The molecule has 3 rings (SSSR count). The molecule has 3 nitrogen and oxygen atoms in total. The van der Waals surface area contributed by atoms with E-state index in [4.69, 9.17) is 0 Å². The third-order valence-corrected chi connectivity index (χ3v) is 3.56. The fourth-order valence-electron chi connectivity index (χ4n) is 2.40. The van der Waals surface area contributed by atoms with Gasteiger partial charge in [0.15, 0.2) is 0 Å². The normalized spacial score (nSPS) is 12.7. The van der Waals surface area contributed by atoms with Gasteiger partial charge < -0.3 is 10.3 Å². The van der Waals surface area contributed by atoms with Gasteiger partial charge >= 0.3 is 0 Å². The van der Waals surface area contributed by atoms with Crippen molar-refractivity contribution in [1.82, 2.24) is 15.3 Å². The van der Waals surface area contributed by atoms with E-state index in [0.29, 0.717) is 6.04 Å². The van der Waals surface area contributed by atoms with E-state index in [2.05, 4.69) is 59.5 Å². The van der Waals surface area contributed by atoms with Crippen LogP contribution in [-0.4, -0.2) is 9.97 Å². The predicted octanol–water partition coefficient (Wildman–Crippen LogP) is 3.72. The molecule has 0 fully saturated rings. The van der Waals surface area contributed by atoms with Crippen LogP contribution < -0.4 is 5.32 Å². The van der Waals surface area contributed by atoms with Crippen molar-refractivity contribution in [3.8, 4) is 0 Å². The first kappa shape index (κ1) is 12.9. The molecule has 0 spiro atoms. The first-order valence-corrected chi connectivity index (χ1v) is 6.96. The van der Waals surface area contributed by atoms with E-state index in [9.17, 15) is 0 Å². The number of nitrogens with zero attached hydrogens (tertiary/aromatic N) is 1. The minimum absolute atomic E-state index is 0.308. The Hall–Kier alpha value is -2.13. The van der Waals surface area contributed by atoms with Crippen molar-refractivity contribution in [2.45, 2.75) is 26.4 Å². The quantitative estimate of drug-likeness (QED) is 0.754. The second kappa shape index (κ2) is 5.47. The van der Waals surface area contributed by atoms with Gasteiger partial charge in [-0.2, -0.15) is 0 Å². The number of hydrogen-bond acceptors (Lipinski definition) is 2. The molecule has 1 heterocycles. The lowest BCUT2D eigenvalue weighted by molar-refractivity contribution is 0.562. The second-order valence-corrected chi connectivity index (χ2v) is 5.22. The monoisotopic (exact) mass is 265 g/mol. The molecule has 0 bridgehead atoms. The summed E-state index contributed by atoms with van der Waals surface area (Å²) in [5.41, 5.74) is 4.71. The Labute approximate surface area is 119 Å². The molecule has 1 atom stereocenters. The maximum absolute atomic E-state index is 4.58. The lowest BCUT2D eigenvalue weighted by atomic mass is 10.1. The van der Waals surface area contributed by atoms with Crippen LogP contribution in [-0.2, 0) is 6.54 Å². The lowest BCUT2D eigenvalue weighted by Crippen LogP contribution is -2.18. The van der Waals surface area contributed by atoms with E-state index in [1.165, 1.54) is 11.1 Å². The second-order valence-electron chi connectivity index (χ2n) is 5.22. The molecular weight excluding hydrogens is 246 g/mol. The Balaban J connectivity index is 1.69. The summed E-state index contributed by atoms with van der Waals surface area (Å²) < 4.78 is 0. The fourth-order valence-corrected chi connectivity index (χ4v) is 2.40. The number of nitrogens with one attached hydrogen (secondary N) is 2. The van der Waals surface area contributed by atoms with Crippen LogP contribution in [0.3, 0.4) is 0 Å². The number of aromatic amines is 1. The Morgan fingerprint density at radius 2 is 2.00 bits per heavy atom. The zero-order chi connectivity index (χ0) is 13.9. The van der Waals surface area contributed by atoms with E-state index in [-0.39, 0.29) is 0 Å². The average Bonchev–Trinajstić information content (AvgIpc) is 2.87. The molecule has 3 heteroatoms. The van der Waals surface area contributed by atoms with Crippen molar-refractivity contribution in [2.75, 3.05) is 0 Å². The summed E-state index contributed by atoms with van der Waals surface area (Å²) in [6.07, 6.45) is 0. The molecule has 0 aliphatic heterocycles. The Bertz CT molecular complexity index is 682. The number of imidazole rings is 1. The average molecular weight is 265 g/mol. The van der Waals surface area contributed by atoms with Gasteiger partial charge in [0.1, 0.15) is 5.82 Å². The zero-order valence-corrected chi connectivity index (χ0v) is 11.9. The van der Waals surface area contributed by atoms with E-state index >= 15 is 0 Å². The largest absolute Gasteiger partial charge is 0.341 e. The van der Waals surface area contributed by atoms with Gasteiger partial charge in [-0.05, 0) is 31.5 Å². The summed E-state index contributed by atoms with van der Waals surface area (Å²) in [6.45, 7) is 5.04. The topological polar surface area (TPSA) is 40.7 Å². The molecule has 0 saturated heterocycles. The van der Waals surface area contributed by atoms with Crippen LogP contribution in [0.4, 0.5) is 0 Å². The summed E-state index contributed by atoms with van der Waals surface area (Å²) in [5, 5.41) is 3.51. The number of H-pyrrole nitrogens is 1. The van der Waals surface area contributed by atoms with Gasteiger partial charge in [-0.3, -0.25) is 0 Å². The highest BCUT2D eigenvalue weighted by molar-refractivity contribution is 5.74. The fraction of sp³-hybridized carbons (Fsp3) is 0.235. The number of rotatable bonds is 4. The van der Waals surface area contributed by atoms with Crippen molar-refractivity contribution in [3.63, 3.8) is 0 Å². The van der Waals surface area contributed by atoms with Gasteiger partial charge in [0.05, 0.1) is 17.6 Å². The molecule has 1 unspecified atom stereocenters. The molecule has 2 aromatic carbocycles. The number of benzene rings is 2. The zero-order valence-electron chi connectivity index (χ0n) is 11.9. The summed E-state index contributed by atoms with van der Waals surface area (Å²) in [4.78, 5) is 7.92. The SMILES string of the molecule is Cc1cccc(C(C)NCc2nc3ccccc3[nH]2)c1. The Morgan fingerprint density at radius 3 is 2.80 bits per heavy atom. The summed E-state index contributed by atoms with van der Waals surface area (Å²) in [5.74, 6) is 0.978. The van der Waals surface area contributed by atoms with Crippen LogP contribution in [0.25, 0.3) is 11.0 Å². The number of aromatic nitrogens is 2. The van der Waals surface area contributed by atoms with Gasteiger partial charge in [-0.15, -0.1) is 0 Å². The Kier molecular flexibility index (Phi) is 3.52. The molecule has 0 amide bonds. The smallest absolute Gasteiger partial charge is 0.121 e. The standard InChI is InChI=1S/C17H19N3/c1-12-6-5-7-14(10-12)13(2)18-11-17-19-15-8-3-4-9-16(15)20-17/h3-10,13,18H,11H2,1-2H3,(H,19,20). The molecule has 2 N–H and O–H groups in total. The summed E-state index contributed by atoms with van der Waals surface area (Å²) in [7, 11) is 0. The van der Waals surface area contributed by atoms with Crippen molar-refractivity contribution < 1.29 is 0 Å². The van der Waals surface area contributed by atoms with Gasteiger partial charge in [-0.1, -0.05) is 42.0 Å². The molecule has 1 aromatic heterocycles. The van der Waals surface area contributed by atoms with Crippen molar-refractivity contribution in [2.24, 2.45) is 0 Å². The summed E-state index contributed by atoms with van der Waals surface area (Å²) in [6, 6.07) is 17.0. The number of fused-ring (bicyclic) bond motifs is 1. The maximum Gasteiger partial charge on any atom is 0.121 e. The molecule has 0 aliphatic carbocycles. The highest BCUT2D eigenvalue weighted by Gasteiger charge is 2.07. The van der Waals surface area contributed by atoms with Crippen LogP contribution in [0.2, 0.25) is 0 Å². The van der Waals surface area contributed by atoms with E-state index in [0.717, 1.165) is 23.4 Å². The van der Waals surface area contributed by atoms with Crippen LogP contribution in [0.1, 0.15) is 29.9 Å². The number of para-hydroxylation sites is 2. The molecule has 0 saturated carbocycles. The van der Waals surface area contributed by atoms with Crippen LogP contribution in [0.5, 0.6) is 0 Å². The van der Waals surface area contributed by atoms with E-state index in [1.54, 1.807) is 0 Å². The van der Waals surface area contributed by atoms with Crippen LogP contribution >= 0.6 is 0 Å². The lowest BCUT2D eigenvalue weighted by Gasteiger charge is -2.13. The highest BCUT2D eigenvalue weighted by Crippen LogP contribution is 2.15. The molecule has 20 heavy (non-hydrogen) atoms. The van der Waals surface area contributed by atoms with Gasteiger partial charge in [0.2, 0.25) is 0 Å². The molecule has 0 radical (unpaired) electrons. The highest BCUT2D eigenvalue weighted by atomic mass is 15.0. The Morgan fingerprint density at radius 1 is 1.15 bits per heavy atom. The summed E-state index contributed by atoms with van der Waals surface area (Å²) >= 11 is 0. The third kappa shape index (κ3) is 2.73. The van der Waals surface area contributed by atoms with E-state index < -0.39 is 0 Å². The van der Waals surface area contributed by atoms with Crippen molar-refractivity contribution in [3.05, 3.63) is 65.5 Å². The van der Waals surface area contributed by atoms with E-state index in [1.807, 2.05) is 18.2 Å². The minimum atomic E-state index is 0.308. The maximum atomic E-state index is 4.58. The molecule has 3 aromatic rings. The first-order chi connectivity index (χ1) is 9.72. The van der Waals surface area contributed by atoms with Gasteiger partial charge in [-0.25, -0.2) is 4.98 Å². The third-order valence-electron chi connectivity index (χ3n) is 3.56. The van der Waals surface area contributed by atoms with Crippen LogP contribution in [0.15, 0.2) is 48.5 Å². The van der Waals surface area contributed by atoms with Crippen molar-refractivity contribution >= 4 is 11.0 Å². The number of hydrogen-bond donors (Lipinski definition) is 2. The first-order valence-electron chi connectivity index (χ1n) is 6.96. The van der Waals surface area contributed by atoms with Crippen molar-refractivity contribution in [1.29, 1.82) is 0 Å². The number of aryl methyl sites for hydroxylation is 1. The molecular formula is C17H19N3. The van der Waals surface area contributed by atoms with Crippen LogP contribution in [0, 0.1) is 6.92 Å². The van der Waals surface area contributed by atoms with Gasteiger partial charge in [0.25, 0.3) is 0 Å².